The number of aliphatic hydroxyl groups is 1. The van der Waals surface area contributed by atoms with Crippen LogP contribution >= 0.6 is 0 Å². The molecule has 0 spiro atoms. The van der Waals surface area contributed by atoms with E-state index in [1.165, 1.54) is 12.8 Å². The smallest absolute Gasteiger partial charge is 0.356 e. The van der Waals surface area contributed by atoms with Gasteiger partial charge < -0.3 is 9.84 Å². The number of aliphatic hydroxyl groups excluding tert-OH is 1. The first-order valence-electron chi connectivity index (χ1n) is 9.33. The van der Waals surface area contributed by atoms with Crippen LogP contribution in [-0.4, -0.2) is 22.4 Å². The predicted octanol–water partition coefficient (Wildman–Crippen LogP) is 3.14. The molecule has 3 rings (SSSR count). The van der Waals surface area contributed by atoms with Crippen LogP contribution in [0.15, 0.2) is 54.6 Å². The van der Waals surface area contributed by atoms with Crippen molar-refractivity contribution in [1.29, 1.82) is 0 Å². The lowest BCUT2D eigenvalue weighted by atomic mass is 10.2. The molecule has 5 nitrogen and oxygen atoms in total. The van der Waals surface area contributed by atoms with Crippen molar-refractivity contribution in [3.05, 3.63) is 54.6 Å². The van der Waals surface area contributed by atoms with Crippen molar-refractivity contribution in [1.82, 2.24) is 4.57 Å². The molecule has 1 atom stereocenters. The van der Waals surface area contributed by atoms with Crippen molar-refractivity contribution in [3.8, 4) is 5.75 Å². The number of aromatic nitrogens is 2. The van der Waals surface area contributed by atoms with Crippen molar-refractivity contribution in [2.24, 2.45) is 0 Å². The number of anilines is 1. The molecule has 0 aliphatic rings. The predicted molar refractivity (Wildman–Crippen MR) is 104 cm³/mol. The third kappa shape index (κ3) is 4.17. The summed E-state index contributed by atoms with van der Waals surface area (Å²) in [6.45, 7) is 3.72. The van der Waals surface area contributed by atoms with Crippen molar-refractivity contribution < 1.29 is 14.4 Å². The largest absolute Gasteiger partial charge is 0.491 e. The highest BCUT2D eigenvalue weighted by molar-refractivity contribution is 5.73. The van der Waals surface area contributed by atoms with E-state index in [1.54, 1.807) is 0 Å². The van der Waals surface area contributed by atoms with Crippen LogP contribution in [0.2, 0.25) is 0 Å². The lowest BCUT2D eigenvalue weighted by Gasteiger charge is -2.12. The molecule has 138 valence electrons. The van der Waals surface area contributed by atoms with Crippen LogP contribution < -0.4 is 15.0 Å². The SMILES string of the molecule is CCCCCn1c(N)[n+](CC(O)COc2ccccc2)c2ccccc21. The Bertz CT molecular complexity index is 830. The Morgan fingerprint density at radius 2 is 1.81 bits per heavy atom. The summed E-state index contributed by atoms with van der Waals surface area (Å²) in [4.78, 5) is 0. The van der Waals surface area contributed by atoms with E-state index in [-0.39, 0.29) is 6.61 Å². The van der Waals surface area contributed by atoms with E-state index in [4.69, 9.17) is 10.5 Å². The fourth-order valence-corrected chi connectivity index (χ4v) is 3.23. The molecule has 0 radical (unpaired) electrons. The summed E-state index contributed by atoms with van der Waals surface area (Å²) >= 11 is 0. The number of ether oxygens (including phenoxy) is 1. The number of nitrogens with zero attached hydrogens (tertiary/aromatic N) is 2. The fourth-order valence-electron chi connectivity index (χ4n) is 3.23. The topological polar surface area (TPSA) is 64.3 Å². The number of rotatable bonds is 9. The van der Waals surface area contributed by atoms with E-state index < -0.39 is 6.10 Å². The van der Waals surface area contributed by atoms with Gasteiger partial charge in [0.1, 0.15) is 36.0 Å². The number of hydrogen-bond donors (Lipinski definition) is 2. The molecule has 0 saturated carbocycles. The number of unbranched alkanes of at least 4 members (excludes halogenated alkanes) is 2. The molecule has 0 fully saturated rings. The summed E-state index contributed by atoms with van der Waals surface area (Å²) in [6.07, 6.45) is 2.81. The van der Waals surface area contributed by atoms with Crippen LogP contribution in [-0.2, 0) is 13.1 Å². The second-order valence-electron chi connectivity index (χ2n) is 6.59. The van der Waals surface area contributed by atoms with Gasteiger partial charge in [-0.25, -0.2) is 9.13 Å². The number of fused-ring (bicyclic) bond motifs is 1. The normalized spacial score (nSPS) is 12.4. The number of aryl methyl sites for hydroxylation is 1. The van der Waals surface area contributed by atoms with E-state index in [0.29, 0.717) is 12.5 Å². The van der Waals surface area contributed by atoms with Crippen LogP contribution in [0, 0.1) is 0 Å². The molecular weight excluding hydrogens is 326 g/mol. The molecule has 0 aliphatic heterocycles. The summed E-state index contributed by atoms with van der Waals surface area (Å²) in [5.41, 5.74) is 8.58. The van der Waals surface area contributed by atoms with Gasteiger partial charge in [0.2, 0.25) is 0 Å². The van der Waals surface area contributed by atoms with Gasteiger partial charge in [0.15, 0.2) is 0 Å². The summed E-state index contributed by atoms with van der Waals surface area (Å²) in [6, 6.07) is 17.7. The zero-order chi connectivity index (χ0) is 18.4. The molecule has 3 N–H and O–H groups in total. The first-order valence-corrected chi connectivity index (χ1v) is 9.33. The van der Waals surface area contributed by atoms with Gasteiger partial charge in [-0.3, -0.25) is 5.73 Å². The van der Waals surface area contributed by atoms with Crippen molar-refractivity contribution in [3.63, 3.8) is 0 Å². The molecule has 0 saturated heterocycles. The van der Waals surface area contributed by atoms with Crippen molar-refractivity contribution in [2.45, 2.75) is 45.4 Å². The number of para-hydroxylation sites is 3. The van der Waals surface area contributed by atoms with Gasteiger partial charge in [-0.2, -0.15) is 0 Å². The Hall–Kier alpha value is -2.53. The lowest BCUT2D eigenvalue weighted by Crippen LogP contribution is -2.43. The maximum Gasteiger partial charge on any atom is 0.356 e. The summed E-state index contributed by atoms with van der Waals surface area (Å²) in [5, 5.41) is 10.5. The van der Waals surface area contributed by atoms with Gasteiger partial charge in [0.05, 0.1) is 6.54 Å². The third-order valence-corrected chi connectivity index (χ3v) is 4.58. The molecule has 1 aromatic heterocycles. The zero-order valence-corrected chi connectivity index (χ0v) is 15.3. The van der Waals surface area contributed by atoms with Gasteiger partial charge in [0.25, 0.3) is 0 Å². The van der Waals surface area contributed by atoms with Gasteiger partial charge in [-0.1, -0.05) is 50.1 Å². The van der Waals surface area contributed by atoms with Gasteiger partial charge in [-0.15, -0.1) is 0 Å². The second kappa shape index (κ2) is 8.72. The molecule has 0 aliphatic carbocycles. The Morgan fingerprint density at radius 3 is 2.58 bits per heavy atom. The van der Waals surface area contributed by atoms with Crippen molar-refractivity contribution >= 4 is 17.0 Å². The van der Waals surface area contributed by atoms with Crippen LogP contribution in [0.1, 0.15) is 26.2 Å². The molecule has 5 heteroatoms. The molecule has 26 heavy (non-hydrogen) atoms. The zero-order valence-electron chi connectivity index (χ0n) is 15.3. The third-order valence-electron chi connectivity index (χ3n) is 4.58. The minimum absolute atomic E-state index is 0.228. The molecule has 0 bridgehead atoms. The minimum Gasteiger partial charge on any atom is -0.491 e. The molecule has 0 amide bonds. The molecular formula is C21H28N3O2+. The van der Waals surface area contributed by atoms with Gasteiger partial charge in [0, 0.05) is 0 Å². The molecule has 1 unspecified atom stereocenters. The van der Waals surface area contributed by atoms with Gasteiger partial charge in [-0.05, 0) is 30.7 Å². The summed E-state index contributed by atoms with van der Waals surface area (Å²) in [5.74, 6) is 1.44. The maximum absolute atomic E-state index is 10.5. The Kier molecular flexibility index (Phi) is 6.12. The van der Waals surface area contributed by atoms with Crippen LogP contribution in [0.25, 0.3) is 11.0 Å². The average Bonchev–Trinajstić information content (AvgIpc) is 2.93. The number of benzene rings is 2. The highest BCUT2D eigenvalue weighted by Crippen LogP contribution is 2.17. The van der Waals surface area contributed by atoms with E-state index in [1.807, 2.05) is 53.1 Å². The summed E-state index contributed by atoms with van der Waals surface area (Å²) in [7, 11) is 0. The number of hydrogen-bond acceptors (Lipinski definition) is 3. The number of nitrogen functional groups attached to an aromatic ring is 1. The lowest BCUT2D eigenvalue weighted by molar-refractivity contribution is -0.665. The fraction of sp³-hybridized carbons (Fsp3) is 0.381. The average molecular weight is 354 g/mol. The number of nitrogens with two attached hydrogens (primary N) is 1. The van der Waals surface area contributed by atoms with E-state index in [0.717, 1.165) is 29.7 Å². The highest BCUT2D eigenvalue weighted by Gasteiger charge is 2.22. The summed E-state index contributed by atoms with van der Waals surface area (Å²) < 4.78 is 9.80. The molecule has 1 heterocycles. The van der Waals surface area contributed by atoms with Crippen LogP contribution in [0.3, 0.4) is 0 Å². The maximum atomic E-state index is 10.5. The van der Waals surface area contributed by atoms with Crippen molar-refractivity contribution in [2.75, 3.05) is 12.3 Å². The first kappa shape index (κ1) is 18.3. The Labute approximate surface area is 154 Å². The Balaban J connectivity index is 1.75. The second-order valence-corrected chi connectivity index (χ2v) is 6.59. The van der Waals surface area contributed by atoms with Crippen LogP contribution in [0.4, 0.5) is 5.95 Å². The van der Waals surface area contributed by atoms with Gasteiger partial charge >= 0.3 is 5.95 Å². The highest BCUT2D eigenvalue weighted by atomic mass is 16.5. The Morgan fingerprint density at radius 1 is 1.08 bits per heavy atom. The van der Waals surface area contributed by atoms with E-state index in [2.05, 4.69) is 17.6 Å². The number of imidazole rings is 1. The van der Waals surface area contributed by atoms with E-state index in [9.17, 15) is 5.11 Å². The quantitative estimate of drug-likeness (QED) is 0.458. The molecule has 2 aromatic carbocycles. The minimum atomic E-state index is -0.641. The first-order chi connectivity index (χ1) is 12.7. The molecule has 3 aromatic rings. The monoisotopic (exact) mass is 354 g/mol. The van der Waals surface area contributed by atoms with Crippen LogP contribution in [0.5, 0.6) is 5.75 Å². The van der Waals surface area contributed by atoms with E-state index >= 15 is 0 Å². The standard InChI is InChI=1S/C21H27N3O2/c1-2-3-9-14-23-19-12-7-8-13-20(19)24(21(23)22)15-17(25)16-26-18-10-5-4-6-11-18/h4-8,10-13,17,22,25H,2-3,9,14-16H2,1H3/p+1.